The molecule has 4 nitrogen and oxygen atoms in total. The van der Waals surface area contributed by atoms with Crippen molar-refractivity contribution in [2.75, 3.05) is 14.2 Å². The van der Waals surface area contributed by atoms with E-state index in [4.69, 9.17) is 18.9 Å². The summed E-state index contributed by atoms with van der Waals surface area (Å²) in [6, 6.07) is 29.0. The van der Waals surface area contributed by atoms with Gasteiger partial charge in [-0.3, -0.25) is 0 Å². The molecule has 0 saturated carbocycles. The molecule has 0 saturated heterocycles. The van der Waals surface area contributed by atoms with E-state index in [0.29, 0.717) is 6.42 Å². The fourth-order valence-electron chi connectivity index (χ4n) is 5.81. The lowest BCUT2D eigenvalue weighted by Gasteiger charge is -2.50. The van der Waals surface area contributed by atoms with E-state index in [-0.39, 0.29) is 11.8 Å². The smallest absolute Gasteiger partial charge is 0.281 e. The van der Waals surface area contributed by atoms with Crippen LogP contribution >= 0.6 is 0 Å². The SMILES string of the molecule is COc1cccc2c1C[C@@H]1[C@H](/C=C/c3ccc(C)cc3)c3c(OC)cccc3O[C@]1(c1ccc(C)cc1)O2. The van der Waals surface area contributed by atoms with Crippen LogP contribution in [0.15, 0.2) is 91.0 Å². The highest BCUT2D eigenvalue weighted by atomic mass is 16.7. The Bertz CT molecular complexity index is 1490. The first-order chi connectivity index (χ1) is 18.5. The van der Waals surface area contributed by atoms with Crippen LogP contribution in [0.5, 0.6) is 23.0 Å². The van der Waals surface area contributed by atoms with E-state index in [1.54, 1.807) is 14.2 Å². The lowest BCUT2D eigenvalue weighted by Crippen LogP contribution is -2.54. The van der Waals surface area contributed by atoms with Crippen molar-refractivity contribution in [2.24, 2.45) is 5.92 Å². The maximum absolute atomic E-state index is 6.94. The second-order valence-electron chi connectivity index (χ2n) is 10.2. The minimum atomic E-state index is -1.02. The molecule has 0 aliphatic carbocycles. The first-order valence-electron chi connectivity index (χ1n) is 13.0. The summed E-state index contributed by atoms with van der Waals surface area (Å²) in [7, 11) is 3.43. The van der Waals surface area contributed by atoms with E-state index < -0.39 is 5.79 Å². The van der Waals surface area contributed by atoms with Crippen LogP contribution in [0.25, 0.3) is 6.08 Å². The van der Waals surface area contributed by atoms with Crippen molar-refractivity contribution in [1.29, 1.82) is 0 Å². The van der Waals surface area contributed by atoms with Gasteiger partial charge in [-0.1, -0.05) is 83.9 Å². The molecule has 2 aliphatic heterocycles. The van der Waals surface area contributed by atoms with Gasteiger partial charge in [-0.2, -0.15) is 0 Å². The molecule has 4 aromatic carbocycles. The molecule has 0 spiro atoms. The molecular formula is C34H32O4. The first kappa shape index (κ1) is 24.2. The number of hydrogen-bond donors (Lipinski definition) is 0. The van der Waals surface area contributed by atoms with Crippen LogP contribution in [0.3, 0.4) is 0 Å². The van der Waals surface area contributed by atoms with Gasteiger partial charge in [0.25, 0.3) is 5.79 Å². The largest absolute Gasteiger partial charge is 0.496 e. The predicted molar refractivity (Wildman–Crippen MR) is 150 cm³/mol. The van der Waals surface area contributed by atoms with Crippen molar-refractivity contribution in [2.45, 2.75) is 32.0 Å². The highest BCUT2D eigenvalue weighted by Crippen LogP contribution is 2.58. The van der Waals surface area contributed by atoms with Gasteiger partial charge in [0.2, 0.25) is 0 Å². The van der Waals surface area contributed by atoms with Gasteiger partial charge in [-0.15, -0.1) is 0 Å². The van der Waals surface area contributed by atoms with Gasteiger partial charge in [0.1, 0.15) is 23.0 Å². The van der Waals surface area contributed by atoms with Crippen LogP contribution in [0.4, 0.5) is 0 Å². The van der Waals surface area contributed by atoms with Crippen LogP contribution in [-0.4, -0.2) is 14.2 Å². The van der Waals surface area contributed by atoms with Gasteiger partial charge in [-0.05, 0) is 50.1 Å². The van der Waals surface area contributed by atoms with Gasteiger partial charge in [0.05, 0.1) is 20.1 Å². The second-order valence-corrected chi connectivity index (χ2v) is 10.2. The molecule has 0 amide bonds. The molecule has 0 fully saturated rings. The number of fused-ring (bicyclic) bond motifs is 3. The molecule has 192 valence electrons. The third-order valence-corrected chi connectivity index (χ3v) is 7.79. The van der Waals surface area contributed by atoms with E-state index >= 15 is 0 Å². The van der Waals surface area contributed by atoms with Gasteiger partial charge in [0.15, 0.2) is 0 Å². The average Bonchev–Trinajstić information content (AvgIpc) is 2.94. The van der Waals surface area contributed by atoms with Gasteiger partial charge >= 0.3 is 0 Å². The molecule has 2 heterocycles. The van der Waals surface area contributed by atoms with E-state index in [9.17, 15) is 0 Å². The standard InChI is InChI=1S/C34H32O4/c1-22-11-15-24(16-12-22)17-20-26-28-21-27-29(35-3)7-5-8-30(27)37-34(28,25-18-13-23(2)14-19-25)38-32-10-6-9-31(36-4)33(26)32/h5-20,26,28H,21H2,1-4H3/b20-17+/t26-,28+,34-/m0/s1. The van der Waals surface area contributed by atoms with Crippen molar-refractivity contribution in [3.05, 3.63) is 124 Å². The molecule has 0 N–H and O–H groups in total. The summed E-state index contributed by atoms with van der Waals surface area (Å²) < 4.78 is 25.5. The Balaban J connectivity index is 1.58. The summed E-state index contributed by atoms with van der Waals surface area (Å²) in [6.45, 7) is 4.20. The summed E-state index contributed by atoms with van der Waals surface area (Å²) in [6.07, 6.45) is 5.20. The third-order valence-electron chi connectivity index (χ3n) is 7.79. The van der Waals surface area contributed by atoms with Crippen LogP contribution in [-0.2, 0) is 12.2 Å². The van der Waals surface area contributed by atoms with Crippen LogP contribution in [0.1, 0.15) is 39.3 Å². The van der Waals surface area contributed by atoms with Crippen molar-refractivity contribution in [3.8, 4) is 23.0 Å². The first-order valence-corrected chi connectivity index (χ1v) is 13.0. The number of benzene rings is 4. The summed E-state index contributed by atoms with van der Waals surface area (Å²) in [5.41, 5.74) is 6.65. The molecule has 38 heavy (non-hydrogen) atoms. The molecule has 3 atom stereocenters. The van der Waals surface area contributed by atoms with E-state index in [0.717, 1.165) is 45.3 Å². The maximum Gasteiger partial charge on any atom is 0.281 e. The Hall–Kier alpha value is -4.18. The Morgan fingerprint density at radius 2 is 1.34 bits per heavy atom. The van der Waals surface area contributed by atoms with Crippen molar-refractivity contribution >= 4 is 6.08 Å². The average molecular weight is 505 g/mol. The number of ether oxygens (including phenoxy) is 4. The van der Waals surface area contributed by atoms with E-state index in [2.05, 4.69) is 74.5 Å². The second kappa shape index (κ2) is 9.60. The third kappa shape index (κ3) is 4.01. The van der Waals surface area contributed by atoms with Gasteiger partial charge < -0.3 is 18.9 Å². The van der Waals surface area contributed by atoms with Gasteiger partial charge in [-0.25, -0.2) is 0 Å². The molecule has 4 heteroatoms. The van der Waals surface area contributed by atoms with E-state index in [1.165, 1.54) is 11.1 Å². The molecule has 6 rings (SSSR count). The van der Waals surface area contributed by atoms with Crippen molar-refractivity contribution in [3.63, 3.8) is 0 Å². The molecule has 0 radical (unpaired) electrons. The number of rotatable bonds is 5. The number of methoxy groups -OCH3 is 2. The summed E-state index contributed by atoms with van der Waals surface area (Å²) in [5.74, 6) is 2.04. The maximum atomic E-state index is 6.94. The quantitative estimate of drug-likeness (QED) is 0.280. The Morgan fingerprint density at radius 1 is 0.737 bits per heavy atom. The lowest BCUT2D eigenvalue weighted by atomic mass is 9.70. The normalized spacial score (nSPS) is 21.5. The summed E-state index contributed by atoms with van der Waals surface area (Å²) in [5, 5.41) is 0. The topological polar surface area (TPSA) is 36.9 Å². The molecule has 2 aliphatic rings. The Morgan fingerprint density at radius 3 is 2.03 bits per heavy atom. The van der Waals surface area contributed by atoms with Crippen LogP contribution in [0, 0.1) is 19.8 Å². The zero-order chi connectivity index (χ0) is 26.3. The zero-order valence-corrected chi connectivity index (χ0v) is 22.2. The summed E-state index contributed by atoms with van der Waals surface area (Å²) >= 11 is 0. The fraction of sp³-hybridized carbons (Fsp3) is 0.235. The minimum Gasteiger partial charge on any atom is -0.496 e. The molecule has 4 aromatic rings. The van der Waals surface area contributed by atoms with Gasteiger partial charge in [0, 0.05) is 22.6 Å². The van der Waals surface area contributed by atoms with Crippen LogP contribution in [0.2, 0.25) is 0 Å². The predicted octanol–water partition coefficient (Wildman–Crippen LogP) is 7.61. The van der Waals surface area contributed by atoms with Crippen LogP contribution < -0.4 is 18.9 Å². The molecule has 0 bridgehead atoms. The highest BCUT2D eigenvalue weighted by molar-refractivity contribution is 5.59. The number of aryl methyl sites for hydroxylation is 2. The molecular weight excluding hydrogens is 472 g/mol. The Kier molecular flexibility index (Phi) is 6.11. The zero-order valence-electron chi connectivity index (χ0n) is 22.2. The van der Waals surface area contributed by atoms with Crippen molar-refractivity contribution < 1.29 is 18.9 Å². The lowest BCUT2D eigenvalue weighted by molar-refractivity contribution is -0.188. The monoisotopic (exact) mass is 504 g/mol. The van der Waals surface area contributed by atoms with Crippen molar-refractivity contribution in [1.82, 2.24) is 0 Å². The minimum absolute atomic E-state index is 0.0458. The number of allylic oxidation sites excluding steroid dienone is 1. The highest BCUT2D eigenvalue weighted by Gasteiger charge is 2.56. The summed E-state index contributed by atoms with van der Waals surface area (Å²) in [4.78, 5) is 0. The molecule has 0 aromatic heterocycles. The van der Waals surface area contributed by atoms with E-state index in [1.807, 2.05) is 36.4 Å². The fourth-order valence-corrected chi connectivity index (χ4v) is 5.81. The number of hydrogen-bond acceptors (Lipinski definition) is 4. The molecule has 0 unspecified atom stereocenters. The Labute approximate surface area is 224 Å².